The maximum Gasteiger partial charge on any atom is 0.340 e. The molecule has 14 heteroatoms. The number of ether oxygens (including phenoxy) is 2. The predicted octanol–water partition coefficient (Wildman–Crippen LogP) is 4.33. The van der Waals surface area contributed by atoms with E-state index in [0.717, 1.165) is 17.7 Å². The zero-order chi connectivity index (χ0) is 34.1. The molecule has 0 spiro atoms. The van der Waals surface area contributed by atoms with E-state index in [9.17, 15) is 36.8 Å². The van der Waals surface area contributed by atoms with Gasteiger partial charge >= 0.3 is 11.9 Å². The van der Waals surface area contributed by atoms with Crippen molar-refractivity contribution in [3.05, 3.63) is 94.2 Å². The van der Waals surface area contributed by atoms with Crippen LogP contribution in [-0.4, -0.2) is 50.9 Å². The number of benzene rings is 2. The van der Waals surface area contributed by atoms with E-state index in [1.54, 1.807) is 30.9 Å². The number of piperidine rings is 1. The lowest BCUT2D eigenvalue weighted by Gasteiger charge is -2.39. The van der Waals surface area contributed by atoms with Crippen LogP contribution < -0.4 is 9.62 Å². The van der Waals surface area contributed by atoms with Crippen LogP contribution in [0.25, 0.3) is 0 Å². The minimum absolute atomic E-state index is 0.0557. The summed E-state index contributed by atoms with van der Waals surface area (Å²) in [6.07, 6.45) is 0.180. The highest BCUT2D eigenvalue weighted by molar-refractivity contribution is 7.89. The molecule has 1 fully saturated rings. The van der Waals surface area contributed by atoms with E-state index in [-0.39, 0.29) is 68.1 Å². The van der Waals surface area contributed by atoms with Gasteiger partial charge in [-0.2, -0.15) is 5.26 Å². The number of halogens is 2. The van der Waals surface area contributed by atoms with Crippen molar-refractivity contribution in [2.24, 2.45) is 11.8 Å². The molecule has 4 rings (SSSR count). The first-order valence-electron chi connectivity index (χ1n) is 14.9. The van der Waals surface area contributed by atoms with Gasteiger partial charge in [-0.15, -0.1) is 0 Å². The molecule has 1 N–H and O–H groups in total. The average Bonchev–Trinajstić information content (AvgIpc) is 3.04. The standard InChI is InChI=1S/C33H34F2N4O7S/c1-3-45-33(42)28-15-25(17-36)31(37-21(28)2)39-14-13-27(23(18-39)10-12-30(40)46-19-22-7-5-4-6-8-22)32(41)38-47(43,44)20-24-9-11-26(34)16-29(24)35/h4-9,11,15-16,23,27H,3,10,12-14,18-20H2,1-2H3,(H,38,41). The Morgan fingerprint density at radius 3 is 2.53 bits per heavy atom. The summed E-state index contributed by atoms with van der Waals surface area (Å²) in [5.41, 5.74) is 1.06. The molecule has 2 aromatic carbocycles. The molecule has 2 atom stereocenters. The normalized spacial score (nSPS) is 16.2. The van der Waals surface area contributed by atoms with Crippen molar-refractivity contribution in [3.63, 3.8) is 0 Å². The van der Waals surface area contributed by atoms with Gasteiger partial charge in [0.2, 0.25) is 15.9 Å². The van der Waals surface area contributed by atoms with Crippen LogP contribution in [0.4, 0.5) is 14.6 Å². The smallest absolute Gasteiger partial charge is 0.340 e. The molecular weight excluding hydrogens is 634 g/mol. The average molecular weight is 669 g/mol. The largest absolute Gasteiger partial charge is 0.462 e. The number of nitrogens with one attached hydrogen (secondary N) is 1. The molecule has 2 heterocycles. The molecule has 248 valence electrons. The van der Waals surface area contributed by atoms with Gasteiger partial charge in [0, 0.05) is 37.1 Å². The van der Waals surface area contributed by atoms with Crippen LogP contribution in [0.5, 0.6) is 0 Å². The molecule has 1 aliphatic heterocycles. The van der Waals surface area contributed by atoms with E-state index >= 15 is 0 Å². The maximum absolute atomic E-state index is 14.2. The second kappa shape index (κ2) is 15.6. The number of anilines is 1. The fourth-order valence-electron chi connectivity index (χ4n) is 5.42. The summed E-state index contributed by atoms with van der Waals surface area (Å²) in [4.78, 5) is 44.7. The highest BCUT2D eigenvalue weighted by Crippen LogP contribution is 2.33. The summed E-state index contributed by atoms with van der Waals surface area (Å²) in [5, 5.41) is 9.89. The van der Waals surface area contributed by atoms with E-state index < -0.39 is 57.1 Å². The van der Waals surface area contributed by atoms with Crippen LogP contribution in [-0.2, 0) is 41.4 Å². The summed E-state index contributed by atoms with van der Waals surface area (Å²) < 4.78 is 65.7. The number of nitrogens with zero attached hydrogens (tertiary/aromatic N) is 3. The van der Waals surface area contributed by atoms with Gasteiger partial charge in [-0.05, 0) is 50.3 Å². The van der Waals surface area contributed by atoms with Crippen molar-refractivity contribution in [1.82, 2.24) is 9.71 Å². The summed E-state index contributed by atoms with van der Waals surface area (Å²) in [6, 6.07) is 15.0. The zero-order valence-corrected chi connectivity index (χ0v) is 26.7. The fraction of sp³-hybridized carbons (Fsp3) is 0.364. The van der Waals surface area contributed by atoms with Crippen LogP contribution >= 0.6 is 0 Å². The summed E-state index contributed by atoms with van der Waals surface area (Å²) >= 11 is 0. The van der Waals surface area contributed by atoms with E-state index in [1.807, 2.05) is 22.9 Å². The molecule has 3 aromatic rings. The lowest BCUT2D eigenvalue weighted by Crippen LogP contribution is -2.48. The molecular formula is C33H34F2N4O7S. The number of carbonyl (C=O) groups is 3. The van der Waals surface area contributed by atoms with Gasteiger partial charge in [-0.3, -0.25) is 14.3 Å². The number of carbonyl (C=O) groups excluding carboxylic acids is 3. The third-order valence-electron chi connectivity index (χ3n) is 7.76. The van der Waals surface area contributed by atoms with Crippen LogP contribution in [0.1, 0.15) is 58.9 Å². The Hall–Kier alpha value is -4.90. The number of aryl methyl sites for hydroxylation is 1. The van der Waals surface area contributed by atoms with Crippen LogP contribution in [0.3, 0.4) is 0 Å². The van der Waals surface area contributed by atoms with Crippen LogP contribution in [0, 0.1) is 41.7 Å². The molecule has 1 saturated heterocycles. The number of pyridine rings is 1. The second-order valence-corrected chi connectivity index (χ2v) is 12.8. The predicted molar refractivity (Wildman–Crippen MR) is 166 cm³/mol. The van der Waals surface area contributed by atoms with Crippen molar-refractivity contribution in [2.75, 3.05) is 24.6 Å². The van der Waals surface area contributed by atoms with Crippen LogP contribution in [0.2, 0.25) is 0 Å². The van der Waals surface area contributed by atoms with Gasteiger partial charge in [0.25, 0.3) is 0 Å². The lowest BCUT2D eigenvalue weighted by atomic mass is 9.82. The Balaban J connectivity index is 1.53. The molecule has 1 aliphatic rings. The Kier molecular flexibility index (Phi) is 11.6. The SMILES string of the molecule is CCOC(=O)c1cc(C#N)c(N2CCC(C(=O)NS(=O)(=O)Cc3ccc(F)cc3F)C(CCC(=O)OCc3ccccc3)C2)nc1C. The molecule has 0 aliphatic carbocycles. The summed E-state index contributed by atoms with van der Waals surface area (Å²) in [5.74, 6) is -6.00. The van der Waals surface area contributed by atoms with Gasteiger partial charge in [0.15, 0.2) is 0 Å². The Morgan fingerprint density at radius 1 is 1.11 bits per heavy atom. The molecule has 1 aromatic heterocycles. The van der Waals surface area contributed by atoms with Gasteiger partial charge in [-0.25, -0.2) is 27.0 Å². The minimum Gasteiger partial charge on any atom is -0.462 e. The van der Waals surface area contributed by atoms with Crippen molar-refractivity contribution < 1.29 is 41.1 Å². The first-order chi connectivity index (χ1) is 22.4. The van der Waals surface area contributed by atoms with Gasteiger partial charge in [0.05, 0.1) is 29.2 Å². The highest BCUT2D eigenvalue weighted by atomic mass is 32.2. The molecule has 0 saturated carbocycles. The topological polar surface area (TPSA) is 156 Å². The lowest BCUT2D eigenvalue weighted by molar-refractivity contribution is -0.145. The van der Waals surface area contributed by atoms with Crippen LogP contribution in [0.15, 0.2) is 54.6 Å². The van der Waals surface area contributed by atoms with E-state index in [4.69, 9.17) is 9.47 Å². The van der Waals surface area contributed by atoms with Gasteiger partial charge in [-0.1, -0.05) is 36.4 Å². The summed E-state index contributed by atoms with van der Waals surface area (Å²) in [6.45, 7) is 3.77. The van der Waals surface area contributed by atoms with E-state index in [2.05, 4.69) is 11.1 Å². The number of hydrogen-bond donors (Lipinski definition) is 1. The number of aromatic nitrogens is 1. The number of nitriles is 1. The Labute approximate surface area is 271 Å². The number of rotatable bonds is 12. The zero-order valence-electron chi connectivity index (χ0n) is 25.9. The highest BCUT2D eigenvalue weighted by Gasteiger charge is 2.37. The third kappa shape index (κ3) is 9.32. The van der Waals surface area contributed by atoms with E-state index in [1.165, 1.54) is 6.07 Å². The Bertz CT molecular complexity index is 1780. The van der Waals surface area contributed by atoms with Crippen molar-refractivity contribution >= 4 is 33.7 Å². The maximum atomic E-state index is 14.2. The number of hydrogen-bond acceptors (Lipinski definition) is 10. The first-order valence-corrected chi connectivity index (χ1v) is 16.6. The Morgan fingerprint density at radius 2 is 1.85 bits per heavy atom. The quantitative estimate of drug-likeness (QED) is 0.276. The minimum atomic E-state index is -4.38. The number of sulfonamides is 1. The summed E-state index contributed by atoms with van der Waals surface area (Å²) in [7, 11) is -4.38. The van der Waals surface area contributed by atoms with Crippen molar-refractivity contribution in [1.29, 1.82) is 5.26 Å². The molecule has 0 radical (unpaired) electrons. The molecule has 1 amide bonds. The van der Waals surface area contributed by atoms with Crippen molar-refractivity contribution in [2.45, 2.75) is 45.5 Å². The number of esters is 2. The fourth-order valence-corrected chi connectivity index (χ4v) is 6.59. The third-order valence-corrected chi connectivity index (χ3v) is 8.96. The molecule has 0 bridgehead atoms. The van der Waals surface area contributed by atoms with Gasteiger partial charge in [0.1, 0.15) is 30.1 Å². The monoisotopic (exact) mass is 668 g/mol. The molecule has 11 nitrogen and oxygen atoms in total. The number of amides is 1. The van der Waals surface area contributed by atoms with Crippen molar-refractivity contribution in [3.8, 4) is 6.07 Å². The second-order valence-electron chi connectivity index (χ2n) is 11.1. The van der Waals surface area contributed by atoms with Gasteiger partial charge < -0.3 is 14.4 Å². The molecule has 47 heavy (non-hydrogen) atoms. The first kappa shape index (κ1) is 35.0. The molecule has 2 unspecified atom stereocenters. The van der Waals surface area contributed by atoms with E-state index in [0.29, 0.717) is 11.8 Å².